The van der Waals surface area contributed by atoms with Crippen LogP contribution in [0.4, 0.5) is 0 Å². The Bertz CT molecular complexity index is 565. The lowest BCUT2D eigenvalue weighted by Crippen LogP contribution is -2.01. The predicted octanol–water partition coefficient (Wildman–Crippen LogP) is 2.91. The molecule has 0 saturated carbocycles. The first kappa shape index (κ1) is 13.1. The second kappa shape index (κ2) is 5.63. The topological polar surface area (TPSA) is 57.4 Å². The number of ether oxygens (including phenoxy) is 2. The molecule has 0 unspecified atom stereocenters. The van der Waals surface area contributed by atoms with E-state index >= 15 is 0 Å². The summed E-state index contributed by atoms with van der Waals surface area (Å²) in [5.74, 6) is 2.13. The summed E-state index contributed by atoms with van der Waals surface area (Å²) in [4.78, 5) is 4.43. The van der Waals surface area contributed by atoms with E-state index in [4.69, 9.17) is 14.0 Å². The first-order chi connectivity index (χ1) is 9.74. The normalized spacial score (nSPS) is 22.1. The van der Waals surface area contributed by atoms with Crippen molar-refractivity contribution in [1.82, 2.24) is 10.1 Å². The molecule has 2 atom stereocenters. The number of rotatable bonds is 4. The molecule has 1 fully saturated rings. The molecule has 3 rings (SSSR count). The lowest BCUT2D eigenvalue weighted by molar-refractivity contribution is 0.0355. The van der Waals surface area contributed by atoms with Crippen molar-refractivity contribution in [2.75, 3.05) is 7.11 Å². The van der Waals surface area contributed by atoms with Gasteiger partial charge >= 0.3 is 0 Å². The van der Waals surface area contributed by atoms with E-state index in [0.29, 0.717) is 18.1 Å². The summed E-state index contributed by atoms with van der Waals surface area (Å²) >= 11 is 0. The number of aromatic nitrogens is 2. The lowest BCUT2D eigenvalue weighted by Gasteiger charge is -2.04. The van der Waals surface area contributed by atoms with E-state index in [9.17, 15) is 0 Å². The zero-order valence-electron chi connectivity index (χ0n) is 11.7. The van der Waals surface area contributed by atoms with Gasteiger partial charge in [0.05, 0.1) is 13.2 Å². The minimum atomic E-state index is -0.0397. The fourth-order valence-corrected chi connectivity index (χ4v) is 2.38. The summed E-state index contributed by atoms with van der Waals surface area (Å²) in [6.07, 6.45) is 2.88. The van der Waals surface area contributed by atoms with Crippen LogP contribution in [0, 0.1) is 0 Å². The fourth-order valence-electron chi connectivity index (χ4n) is 2.38. The van der Waals surface area contributed by atoms with E-state index in [2.05, 4.69) is 17.1 Å². The van der Waals surface area contributed by atoms with Gasteiger partial charge in [-0.05, 0) is 37.5 Å². The van der Waals surface area contributed by atoms with Gasteiger partial charge in [0.1, 0.15) is 11.9 Å². The van der Waals surface area contributed by atoms with Crippen molar-refractivity contribution in [3.63, 3.8) is 0 Å². The van der Waals surface area contributed by atoms with Gasteiger partial charge in [0.15, 0.2) is 5.82 Å². The Balaban J connectivity index is 1.67. The van der Waals surface area contributed by atoms with Crippen molar-refractivity contribution in [3.8, 4) is 5.75 Å². The van der Waals surface area contributed by atoms with E-state index < -0.39 is 0 Å². The summed E-state index contributed by atoms with van der Waals surface area (Å²) in [7, 11) is 1.66. The third kappa shape index (κ3) is 2.82. The molecule has 1 aliphatic rings. The summed E-state index contributed by atoms with van der Waals surface area (Å²) in [6.45, 7) is 2.06. The van der Waals surface area contributed by atoms with E-state index in [1.165, 1.54) is 0 Å². The van der Waals surface area contributed by atoms with Crippen molar-refractivity contribution >= 4 is 0 Å². The number of nitrogens with zero attached hydrogens (tertiary/aromatic N) is 2. The van der Waals surface area contributed by atoms with Gasteiger partial charge in [-0.15, -0.1) is 0 Å². The van der Waals surface area contributed by atoms with Gasteiger partial charge in [-0.2, -0.15) is 4.98 Å². The first-order valence-electron chi connectivity index (χ1n) is 6.85. The molecule has 2 aromatic rings. The van der Waals surface area contributed by atoms with E-state index in [-0.39, 0.29) is 12.2 Å². The summed E-state index contributed by atoms with van der Waals surface area (Å²) < 4.78 is 16.2. The number of hydrogen-bond donors (Lipinski definition) is 0. The average Bonchev–Trinajstić information content (AvgIpc) is 3.09. The Morgan fingerprint density at radius 2 is 2.05 bits per heavy atom. The molecule has 0 bridgehead atoms. The van der Waals surface area contributed by atoms with E-state index in [1.807, 2.05) is 24.3 Å². The molecular weight excluding hydrogens is 256 g/mol. The maximum atomic E-state index is 5.73. The maximum absolute atomic E-state index is 5.73. The lowest BCUT2D eigenvalue weighted by atomic mass is 10.1. The van der Waals surface area contributed by atoms with Gasteiger partial charge in [-0.3, -0.25) is 0 Å². The van der Waals surface area contributed by atoms with Crippen molar-refractivity contribution in [2.45, 2.75) is 38.4 Å². The summed E-state index contributed by atoms with van der Waals surface area (Å²) in [5.41, 5.74) is 1.12. The standard InChI is InChI=1S/C15H18N2O3/c1-10-3-8-13(19-10)15-16-14(17-20-15)9-11-4-6-12(18-2)7-5-11/h4-7,10,13H,3,8-9H2,1-2H3/t10-,13-/m1/s1. The number of benzene rings is 1. The minimum Gasteiger partial charge on any atom is -0.497 e. The molecule has 5 nitrogen and oxygen atoms in total. The predicted molar refractivity (Wildman–Crippen MR) is 72.6 cm³/mol. The zero-order valence-corrected chi connectivity index (χ0v) is 11.7. The molecule has 0 N–H and O–H groups in total. The Labute approximate surface area is 117 Å². The Morgan fingerprint density at radius 3 is 2.70 bits per heavy atom. The minimum absolute atomic E-state index is 0.0397. The number of hydrogen-bond acceptors (Lipinski definition) is 5. The Hall–Kier alpha value is -1.88. The van der Waals surface area contributed by atoms with Crippen molar-refractivity contribution in [2.24, 2.45) is 0 Å². The summed E-state index contributed by atoms with van der Waals surface area (Å²) in [6, 6.07) is 7.86. The van der Waals surface area contributed by atoms with Gasteiger partial charge in [0.25, 0.3) is 5.89 Å². The highest BCUT2D eigenvalue weighted by molar-refractivity contribution is 5.28. The zero-order chi connectivity index (χ0) is 13.9. The molecular formula is C15H18N2O3. The number of methoxy groups -OCH3 is 1. The molecule has 5 heteroatoms. The van der Waals surface area contributed by atoms with Crippen LogP contribution in [-0.4, -0.2) is 23.4 Å². The van der Waals surface area contributed by atoms with Crippen LogP contribution in [0.5, 0.6) is 5.75 Å². The third-order valence-electron chi connectivity index (χ3n) is 3.51. The third-order valence-corrected chi connectivity index (χ3v) is 3.51. The highest BCUT2D eigenvalue weighted by Crippen LogP contribution is 2.31. The van der Waals surface area contributed by atoms with E-state index in [0.717, 1.165) is 24.2 Å². The molecule has 20 heavy (non-hydrogen) atoms. The van der Waals surface area contributed by atoms with Crippen LogP contribution in [0.3, 0.4) is 0 Å². The van der Waals surface area contributed by atoms with Gasteiger partial charge in [0.2, 0.25) is 0 Å². The van der Waals surface area contributed by atoms with Gasteiger partial charge in [-0.1, -0.05) is 17.3 Å². The van der Waals surface area contributed by atoms with Crippen molar-refractivity contribution in [3.05, 3.63) is 41.5 Å². The van der Waals surface area contributed by atoms with Crippen LogP contribution in [0.2, 0.25) is 0 Å². The monoisotopic (exact) mass is 274 g/mol. The highest BCUT2D eigenvalue weighted by atomic mass is 16.5. The Morgan fingerprint density at radius 1 is 1.25 bits per heavy atom. The van der Waals surface area contributed by atoms with Crippen LogP contribution in [0.1, 0.15) is 43.1 Å². The van der Waals surface area contributed by atoms with Crippen LogP contribution >= 0.6 is 0 Å². The summed E-state index contributed by atoms with van der Waals surface area (Å²) in [5, 5.41) is 4.03. The van der Waals surface area contributed by atoms with Gasteiger partial charge < -0.3 is 14.0 Å². The molecule has 0 radical (unpaired) electrons. The van der Waals surface area contributed by atoms with Gasteiger partial charge in [0, 0.05) is 6.42 Å². The molecule has 0 amide bonds. The van der Waals surface area contributed by atoms with Crippen molar-refractivity contribution < 1.29 is 14.0 Å². The SMILES string of the molecule is COc1ccc(Cc2noc([C@H]3CC[C@@H](C)O3)n2)cc1. The average molecular weight is 274 g/mol. The molecule has 0 spiro atoms. The Kier molecular flexibility index (Phi) is 3.69. The molecule has 2 heterocycles. The van der Waals surface area contributed by atoms with Crippen LogP contribution in [-0.2, 0) is 11.2 Å². The first-order valence-corrected chi connectivity index (χ1v) is 6.85. The molecule has 1 aliphatic heterocycles. The molecule has 1 aromatic heterocycles. The fraction of sp³-hybridized carbons (Fsp3) is 0.467. The second-order valence-corrected chi connectivity index (χ2v) is 5.09. The molecule has 0 aliphatic carbocycles. The largest absolute Gasteiger partial charge is 0.497 e. The van der Waals surface area contributed by atoms with Gasteiger partial charge in [-0.25, -0.2) is 0 Å². The molecule has 1 saturated heterocycles. The van der Waals surface area contributed by atoms with Crippen LogP contribution in [0.25, 0.3) is 0 Å². The highest BCUT2D eigenvalue weighted by Gasteiger charge is 2.28. The molecule has 106 valence electrons. The van der Waals surface area contributed by atoms with Crippen LogP contribution < -0.4 is 4.74 Å². The molecule has 1 aromatic carbocycles. The smallest absolute Gasteiger partial charge is 0.255 e. The maximum Gasteiger partial charge on any atom is 0.255 e. The van der Waals surface area contributed by atoms with Crippen molar-refractivity contribution in [1.29, 1.82) is 0 Å². The quantitative estimate of drug-likeness (QED) is 0.858. The van der Waals surface area contributed by atoms with E-state index in [1.54, 1.807) is 7.11 Å². The second-order valence-electron chi connectivity index (χ2n) is 5.09. The van der Waals surface area contributed by atoms with Crippen LogP contribution in [0.15, 0.2) is 28.8 Å².